The number of aliphatic imine (C=N–C) groups is 1. The Balaban J connectivity index is 0.00000364. The molecule has 0 fully saturated rings. The van der Waals surface area contributed by atoms with Gasteiger partial charge in [0, 0.05) is 18.5 Å². The normalized spacial score (nSPS) is 13.0. The molecule has 1 aromatic heterocycles. The molecular weight excluding hydrogens is 488 g/mol. The summed E-state index contributed by atoms with van der Waals surface area (Å²) < 4.78 is 38.5. The molecule has 0 radical (unpaired) electrons. The number of aromatic nitrogens is 1. The lowest BCUT2D eigenvalue weighted by Gasteiger charge is -2.16. The summed E-state index contributed by atoms with van der Waals surface area (Å²) in [5.41, 5.74) is 2.88. The van der Waals surface area contributed by atoms with E-state index in [0.717, 1.165) is 16.6 Å². The van der Waals surface area contributed by atoms with Crippen LogP contribution in [0.5, 0.6) is 0 Å². The van der Waals surface area contributed by atoms with E-state index in [1.54, 1.807) is 30.0 Å². The zero-order chi connectivity index (χ0) is 19.2. The number of hydrogen-bond acceptors (Lipinski definition) is 3. The van der Waals surface area contributed by atoms with E-state index in [1.165, 1.54) is 12.1 Å². The molecular formula is C18H24F3IN4S. The van der Waals surface area contributed by atoms with Gasteiger partial charge >= 0.3 is 6.18 Å². The zero-order valence-corrected chi connectivity index (χ0v) is 18.6. The van der Waals surface area contributed by atoms with Crippen LogP contribution in [0.25, 0.3) is 0 Å². The number of thiazole rings is 1. The highest BCUT2D eigenvalue weighted by Gasteiger charge is 2.30. The van der Waals surface area contributed by atoms with Crippen LogP contribution in [0.15, 0.2) is 34.8 Å². The number of rotatable bonds is 6. The molecule has 1 aromatic carbocycles. The van der Waals surface area contributed by atoms with Gasteiger partial charge in [0.05, 0.1) is 23.3 Å². The molecule has 0 spiro atoms. The van der Waals surface area contributed by atoms with Gasteiger partial charge in [-0.1, -0.05) is 25.1 Å². The topological polar surface area (TPSA) is 49.3 Å². The van der Waals surface area contributed by atoms with Crippen molar-refractivity contribution in [3.8, 4) is 0 Å². The molecule has 27 heavy (non-hydrogen) atoms. The van der Waals surface area contributed by atoms with Crippen LogP contribution in [0.3, 0.4) is 0 Å². The van der Waals surface area contributed by atoms with Gasteiger partial charge in [0.2, 0.25) is 0 Å². The minimum absolute atomic E-state index is 0. The molecule has 0 saturated heterocycles. The van der Waals surface area contributed by atoms with Gasteiger partial charge < -0.3 is 10.6 Å². The van der Waals surface area contributed by atoms with Crippen molar-refractivity contribution < 1.29 is 13.2 Å². The Labute approximate surface area is 178 Å². The van der Waals surface area contributed by atoms with E-state index in [-0.39, 0.29) is 29.9 Å². The van der Waals surface area contributed by atoms with Gasteiger partial charge in [0.1, 0.15) is 0 Å². The number of benzene rings is 1. The Morgan fingerprint density at radius 3 is 2.63 bits per heavy atom. The van der Waals surface area contributed by atoms with E-state index in [4.69, 9.17) is 0 Å². The summed E-state index contributed by atoms with van der Waals surface area (Å²) in [6.07, 6.45) is -3.61. The molecule has 2 aromatic rings. The summed E-state index contributed by atoms with van der Waals surface area (Å²) in [4.78, 5) is 9.51. The van der Waals surface area contributed by atoms with Crippen LogP contribution in [0.2, 0.25) is 0 Å². The fourth-order valence-electron chi connectivity index (χ4n) is 2.48. The van der Waals surface area contributed by atoms with Crippen LogP contribution < -0.4 is 10.6 Å². The fourth-order valence-corrected chi connectivity index (χ4v) is 3.19. The highest BCUT2D eigenvalue weighted by molar-refractivity contribution is 14.0. The Morgan fingerprint density at radius 1 is 1.30 bits per heavy atom. The van der Waals surface area contributed by atoms with Crippen LogP contribution in [-0.4, -0.2) is 24.5 Å². The van der Waals surface area contributed by atoms with Crippen molar-refractivity contribution in [2.24, 2.45) is 4.99 Å². The van der Waals surface area contributed by atoms with Crippen LogP contribution in [0.1, 0.15) is 41.0 Å². The van der Waals surface area contributed by atoms with E-state index in [0.29, 0.717) is 31.0 Å². The summed E-state index contributed by atoms with van der Waals surface area (Å²) in [7, 11) is 1.69. The molecule has 2 N–H and O–H groups in total. The van der Waals surface area contributed by atoms with Crippen molar-refractivity contribution in [2.45, 2.75) is 38.9 Å². The predicted molar refractivity (Wildman–Crippen MR) is 115 cm³/mol. The average molecular weight is 512 g/mol. The van der Waals surface area contributed by atoms with Crippen LogP contribution in [0.4, 0.5) is 13.2 Å². The number of halogens is 4. The Morgan fingerprint density at radius 2 is 2.04 bits per heavy atom. The lowest BCUT2D eigenvalue weighted by Crippen LogP contribution is -2.37. The van der Waals surface area contributed by atoms with E-state index >= 15 is 0 Å². The predicted octanol–water partition coefficient (Wildman–Crippen LogP) is 4.95. The van der Waals surface area contributed by atoms with Gasteiger partial charge in [0.25, 0.3) is 0 Å². The second-order valence-corrected chi connectivity index (χ2v) is 6.97. The second-order valence-electron chi connectivity index (χ2n) is 6.03. The van der Waals surface area contributed by atoms with Crippen LogP contribution >= 0.6 is 35.3 Å². The largest absolute Gasteiger partial charge is 0.416 e. The molecule has 1 heterocycles. The third kappa shape index (κ3) is 7.28. The molecule has 2 rings (SSSR count). The van der Waals surface area contributed by atoms with Gasteiger partial charge in [-0.2, -0.15) is 13.2 Å². The molecule has 0 aliphatic carbocycles. The maximum atomic E-state index is 12.8. The molecule has 1 atom stereocenters. The first-order chi connectivity index (χ1) is 12.3. The van der Waals surface area contributed by atoms with E-state index in [1.807, 2.05) is 13.8 Å². The van der Waals surface area contributed by atoms with Gasteiger partial charge in [0.15, 0.2) is 5.96 Å². The first-order valence-electron chi connectivity index (χ1n) is 8.32. The number of nitrogens with zero attached hydrogens (tertiary/aromatic N) is 2. The maximum Gasteiger partial charge on any atom is 0.416 e. The smallest absolute Gasteiger partial charge is 0.356 e. The van der Waals surface area contributed by atoms with Crippen molar-refractivity contribution >= 4 is 41.3 Å². The standard InChI is InChI=1S/C18H23F3N4S.HI/c1-12(14-5-4-6-15(9-14)18(19,20)21)7-8-23-17(22-3)24-10-16-13(2)25-11-26-16;/h4-6,9,11-12H,7-8,10H2,1-3H3,(H2,22,23,24);1H. The quantitative estimate of drug-likeness (QED) is 0.328. The van der Waals surface area contributed by atoms with Crippen LogP contribution in [0, 0.1) is 6.92 Å². The summed E-state index contributed by atoms with van der Waals surface area (Å²) >= 11 is 1.58. The van der Waals surface area contributed by atoms with E-state index < -0.39 is 11.7 Å². The summed E-state index contributed by atoms with van der Waals surface area (Å²) in [6.45, 7) is 5.13. The second kappa shape index (κ2) is 10.8. The van der Waals surface area contributed by atoms with Gasteiger partial charge in [-0.3, -0.25) is 4.99 Å². The van der Waals surface area contributed by atoms with Gasteiger partial charge in [-0.25, -0.2) is 4.98 Å². The van der Waals surface area contributed by atoms with Crippen molar-refractivity contribution in [3.05, 3.63) is 51.5 Å². The lowest BCUT2D eigenvalue weighted by atomic mass is 9.96. The van der Waals surface area contributed by atoms with Crippen molar-refractivity contribution in [1.82, 2.24) is 15.6 Å². The van der Waals surface area contributed by atoms with Crippen molar-refractivity contribution in [1.29, 1.82) is 0 Å². The third-order valence-corrected chi connectivity index (χ3v) is 5.07. The number of aryl methyl sites for hydroxylation is 1. The SMILES string of the molecule is CN=C(NCCC(C)c1cccc(C(F)(F)F)c1)NCc1scnc1C.I. The maximum absolute atomic E-state index is 12.8. The van der Waals surface area contributed by atoms with Crippen molar-refractivity contribution in [2.75, 3.05) is 13.6 Å². The summed E-state index contributed by atoms with van der Waals surface area (Å²) in [6, 6.07) is 5.52. The molecule has 0 saturated carbocycles. The Kier molecular flexibility index (Phi) is 9.51. The lowest BCUT2D eigenvalue weighted by molar-refractivity contribution is -0.137. The van der Waals surface area contributed by atoms with Crippen molar-refractivity contribution in [3.63, 3.8) is 0 Å². The molecule has 0 aliphatic rings. The highest BCUT2D eigenvalue weighted by Crippen LogP contribution is 2.31. The molecule has 150 valence electrons. The first-order valence-corrected chi connectivity index (χ1v) is 9.20. The molecule has 9 heteroatoms. The van der Waals surface area contributed by atoms with Gasteiger partial charge in [-0.15, -0.1) is 35.3 Å². The average Bonchev–Trinajstić information content (AvgIpc) is 3.02. The Hall–Kier alpha value is -1.36. The minimum Gasteiger partial charge on any atom is -0.356 e. The number of nitrogens with one attached hydrogen (secondary N) is 2. The summed E-state index contributed by atoms with van der Waals surface area (Å²) in [5.74, 6) is 0.667. The monoisotopic (exact) mass is 512 g/mol. The summed E-state index contributed by atoms with van der Waals surface area (Å²) in [5, 5.41) is 6.41. The molecule has 1 unspecified atom stereocenters. The molecule has 0 bridgehead atoms. The molecule has 4 nitrogen and oxygen atoms in total. The number of hydrogen-bond donors (Lipinski definition) is 2. The Bertz CT molecular complexity index is 746. The number of guanidine groups is 1. The number of alkyl halides is 3. The highest BCUT2D eigenvalue weighted by atomic mass is 127. The molecule has 0 amide bonds. The first kappa shape index (κ1) is 23.7. The van der Waals surface area contributed by atoms with E-state index in [2.05, 4.69) is 20.6 Å². The van der Waals surface area contributed by atoms with Crippen LogP contribution in [-0.2, 0) is 12.7 Å². The fraction of sp³-hybridized carbons (Fsp3) is 0.444. The molecule has 0 aliphatic heterocycles. The third-order valence-electron chi connectivity index (χ3n) is 4.14. The van der Waals surface area contributed by atoms with Gasteiger partial charge in [-0.05, 0) is 30.9 Å². The minimum atomic E-state index is -4.31. The zero-order valence-electron chi connectivity index (χ0n) is 15.4. The van der Waals surface area contributed by atoms with E-state index in [9.17, 15) is 13.2 Å².